The normalized spacial score (nSPS) is 15.5. The molecule has 0 saturated heterocycles. The number of methoxy groups -OCH3 is 1. The largest absolute Gasteiger partial charge is 0.496 e. The summed E-state index contributed by atoms with van der Waals surface area (Å²) >= 11 is 0. The van der Waals surface area contributed by atoms with Crippen LogP contribution in [0.5, 0.6) is 5.75 Å². The minimum absolute atomic E-state index is 0.0409. The molecule has 17 heavy (non-hydrogen) atoms. The molecule has 1 aromatic carbocycles. The second-order valence-corrected chi connectivity index (χ2v) is 3.77. The van der Waals surface area contributed by atoms with E-state index in [1.165, 1.54) is 19.2 Å². The van der Waals surface area contributed by atoms with Crippen LogP contribution >= 0.6 is 0 Å². The van der Waals surface area contributed by atoms with Gasteiger partial charge in [0.25, 0.3) is 0 Å². The van der Waals surface area contributed by atoms with E-state index in [2.05, 4.69) is 0 Å². The Morgan fingerprint density at radius 1 is 1.35 bits per heavy atom. The topological polar surface area (TPSA) is 55.5 Å². The molecule has 1 aromatic rings. The van der Waals surface area contributed by atoms with Crippen LogP contribution in [0.15, 0.2) is 18.2 Å². The number of alkyl halides is 3. The molecule has 0 aliphatic carbocycles. The Morgan fingerprint density at radius 3 is 2.35 bits per heavy atom. The van der Waals surface area contributed by atoms with E-state index in [0.717, 1.165) is 0 Å². The summed E-state index contributed by atoms with van der Waals surface area (Å²) in [6, 6.07) is 4.19. The van der Waals surface area contributed by atoms with Crippen LogP contribution in [0.2, 0.25) is 0 Å². The van der Waals surface area contributed by atoms with Crippen molar-refractivity contribution in [2.24, 2.45) is 5.73 Å². The average Bonchev–Trinajstić information content (AvgIpc) is 2.26. The van der Waals surface area contributed by atoms with Crippen LogP contribution in [0.4, 0.5) is 13.2 Å². The van der Waals surface area contributed by atoms with Gasteiger partial charge < -0.3 is 15.6 Å². The Kier molecular flexibility index (Phi) is 3.68. The molecule has 0 saturated carbocycles. The van der Waals surface area contributed by atoms with Gasteiger partial charge in [-0.15, -0.1) is 0 Å². The molecule has 1 rings (SSSR count). The first-order valence-electron chi connectivity index (χ1n) is 4.90. The highest BCUT2D eigenvalue weighted by molar-refractivity contribution is 5.42. The highest BCUT2D eigenvalue weighted by atomic mass is 19.4. The molecule has 96 valence electrons. The zero-order chi connectivity index (χ0) is 13.3. The molecule has 3 nitrogen and oxygen atoms in total. The number of ether oxygens (including phenoxy) is 1. The molecule has 0 aliphatic rings. The van der Waals surface area contributed by atoms with E-state index >= 15 is 0 Å². The quantitative estimate of drug-likeness (QED) is 0.857. The van der Waals surface area contributed by atoms with Crippen molar-refractivity contribution in [3.63, 3.8) is 0 Å². The van der Waals surface area contributed by atoms with E-state index in [4.69, 9.17) is 10.5 Å². The fraction of sp³-hybridized carbons (Fsp3) is 0.455. The Hall–Kier alpha value is -1.27. The molecule has 1 unspecified atom stereocenters. The lowest BCUT2D eigenvalue weighted by Crippen LogP contribution is -2.48. The minimum atomic E-state index is -4.86. The third-order valence-electron chi connectivity index (χ3n) is 2.56. The van der Waals surface area contributed by atoms with Crippen LogP contribution in [0.1, 0.15) is 11.1 Å². The zero-order valence-corrected chi connectivity index (χ0v) is 9.51. The van der Waals surface area contributed by atoms with Crippen LogP contribution in [0.3, 0.4) is 0 Å². The van der Waals surface area contributed by atoms with Crippen molar-refractivity contribution in [1.29, 1.82) is 0 Å². The van der Waals surface area contributed by atoms with Gasteiger partial charge >= 0.3 is 6.18 Å². The maximum absolute atomic E-state index is 12.9. The summed E-state index contributed by atoms with van der Waals surface area (Å²) < 4.78 is 43.4. The summed E-state index contributed by atoms with van der Waals surface area (Å²) in [6.07, 6.45) is -4.86. The van der Waals surface area contributed by atoms with E-state index < -0.39 is 18.3 Å². The number of halogens is 3. The van der Waals surface area contributed by atoms with Gasteiger partial charge in [0.15, 0.2) is 0 Å². The summed E-state index contributed by atoms with van der Waals surface area (Å²) in [4.78, 5) is 0. The monoisotopic (exact) mass is 249 g/mol. The van der Waals surface area contributed by atoms with E-state index in [-0.39, 0.29) is 11.3 Å². The van der Waals surface area contributed by atoms with Gasteiger partial charge in [0.1, 0.15) is 5.75 Å². The van der Waals surface area contributed by atoms with Crippen molar-refractivity contribution in [3.05, 3.63) is 29.3 Å². The Balaban J connectivity index is 3.43. The van der Waals surface area contributed by atoms with Gasteiger partial charge in [-0.1, -0.05) is 11.6 Å². The first-order chi connectivity index (χ1) is 7.76. The fourth-order valence-corrected chi connectivity index (χ4v) is 1.52. The molecule has 3 N–H and O–H groups in total. The number of hydrogen-bond acceptors (Lipinski definition) is 3. The third kappa shape index (κ3) is 2.37. The highest BCUT2D eigenvalue weighted by Gasteiger charge is 2.55. The molecule has 6 heteroatoms. The van der Waals surface area contributed by atoms with Crippen LogP contribution in [-0.4, -0.2) is 24.9 Å². The third-order valence-corrected chi connectivity index (χ3v) is 2.56. The van der Waals surface area contributed by atoms with E-state index in [1.54, 1.807) is 13.0 Å². The number of aryl methyl sites for hydroxylation is 1. The SMILES string of the molecule is COc1ccc(C)cc1C(O)(CN)C(F)(F)F. The number of hydrogen-bond donors (Lipinski definition) is 2. The predicted octanol–water partition coefficient (Wildman–Crippen LogP) is 1.71. The van der Waals surface area contributed by atoms with Gasteiger partial charge in [0, 0.05) is 12.1 Å². The van der Waals surface area contributed by atoms with Crippen molar-refractivity contribution < 1.29 is 23.0 Å². The summed E-state index contributed by atoms with van der Waals surface area (Å²) in [5.41, 5.74) is 2.20. The van der Waals surface area contributed by atoms with Crippen LogP contribution in [0.25, 0.3) is 0 Å². The molecule has 0 spiro atoms. The lowest BCUT2D eigenvalue weighted by molar-refractivity contribution is -0.262. The van der Waals surface area contributed by atoms with Crippen LogP contribution < -0.4 is 10.5 Å². The average molecular weight is 249 g/mol. The smallest absolute Gasteiger partial charge is 0.422 e. The molecule has 0 amide bonds. The summed E-state index contributed by atoms with van der Waals surface area (Å²) in [7, 11) is 1.24. The maximum Gasteiger partial charge on any atom is 0.422 e. The number of rotatable bonds is 3. The molecule has 0 heterocycles. The summed E-state index contributed by atoms with van der Waals surface area (Å²) in [5, 5.41) is 9.73. The zero-order valence-electron chi connectivity index (χ0n) is 9.51. The van der Waals surface area contributed by atoms with Crippen molar-refractivity contribution >= 4 is 0 Å². The molecule has 0 aliphatic heterocycles. The standard InChI is InChI=1S/C11H14F3NO2/c1-7-3-4-9(17-2)8(5-7)10(16,6-15)11(12,13)14/h3-5,16H,6,15H2,1-2H3. The second kappa shape index (κ2) is 4.54. The molecule has 0 fully saturated rings. The lowest BCUT2D eigenvalue weighted by atomic mass is 9.91. The van der Waals surface area contributed by atoms with E-state index in [1.807, 2.05) is 0 Å². The minimum Gasteiger partial charge on any atom is -0.496 e. The van der Waals surface area contributed by atoms with Crippen molar-refractivity contribution in [2.75, 3.05) is 13.7 Å². The van der Waals surface area contributed by atoms with E-state index in [0.29, 0.717) is 5.56 Å². The van der Waals surface area contributed by atoms with Gasteiger partial charge in [-0.05, 0) is 19.1 Å². The van der Waals surface area contributed by atoms with Gasteiger partial charge in [-0.25, -0.2) is 0 Å². The van der Waals surface area contributed by atoms with Crippen molar-refractivity contribution in [3.8, 4) is 5.75 Å². The summed E-state index contributed by atoms with van der Waals surface area (Å²) in [5.74, 6) is -0.0409. The Morgan fingerprint density at radius 2 is 1.94 bits per heavy atom. The molecule has 0 aromatic heterocycles. The molecular weight excluding hydrogens is 235 g/mol. The van der Waals surface area contributed by atoms with Crippen LogP contribution in [-0.2, 0) is 5.60 Å². The van der Waals surface area contributed by atoms with Gasteiger partial charge in [-0.3, -0.25) is 0 Å². The number of nitrogens with two attached hydrogens (primary N) is 1. The summed E-state index contributed by atoms with van der Waals surface area (Å²) in [6.45, 7) is 0.659. The number of benzene rings is 1. The Labute approximate surface area is 97.0 Å². The molecule has 0 bridgehead atoms. The van der Waals surface area contributed by atoms with Crippen molar-refractivity contribution in [2.45, 2.75) is 18.7 Å². The van der Waals surface area contributed by atoms with Gasteiger partial charge in [0.2, 0.25) is 5.60 Å². The second-order valence-electron chi connectivity index (χ2n) is 3.77. The molecular formula is C11H14F3NO2. The van der Waals surface area contributed by atoms with Crippen molar-refractivity contribution in [1.82, 2.24) is 0 Å². The first kappa shape index (κ1) is 13.8. The van der Waals surface area contributed by atoms with Gasteiger partial charge in [-0.2, -0.15) is 13.2 Å². The highest BCUT2D eigenvalue weighted by Crippen LogP contribution is 2.42. The molecule has 0 radical (unpaired) electrons. The predicted molar refractivity (Wildman–Crippen MR) is 56.7 cm³/mol. The van der Waals surface area contributed by atoms with Gasteiger partial charge in [0.05, 0.1) is 7.11 Å². The van der Waals surface area contributed by atoms with E-state index in [9.17, 15) is 18.3 Å². The first-order valence-corrected chi connectivity index (χ1v) is 4.90. The number of aliphatic hydroxyl groups is 1. The fourth-order valence-electron chi connectivity index (χ4n) is 1.52. The molecule has 1 atom stereocenters. The maximum atomic E-state index is 12.9. The Bertz CT molecular complexity index is 406. The van der Waals surface area contributed by atoms with Crippen LogP contribution in [0, 0.1) is 6.92 Å². The lowest BCUT2D eigenvalue weighted by Gasteiger charge is -2.30.